The first-order chi connectivity index (χ1) is 15.9. The summed E-state index contributed by atoms with van der Waals surface area (Å²) in [5, 5.41) is 5.21. The molecule has 4 aromatic rings. The Morgan fingerprint density at radius 3 is 2.82 bits per heavy atom. The Morgan fingerprint density at radius 1 is 1.21 bits per heavy atom. The SMILES string of the molecule is CN(C)CCn1cc(C(=O)C2COc3ccc(F)cc3C2)c2ccc(-c3ccnn3C)cc21. The fraction of sp³-hybridized carbons (Fsp3) is 0.308. The monoisotopic (exact) mass is 446 g/mol. The number of Topliss-reactive ketones (excluding diaryl/α,β-unsaturated/α-hetero) is 1. The van der Waals surface area contributed by atoms with E-state index in [-0.39, 0.29) is 17.5 Å². The second-order valence-electron chi connectivity index (χ2n) is 8.94. The topological polar surface area (TPSA) is 52.3 Å². The Balaban J connectivity index is 1.53. The largest absolute Gasteiger partial charge is 0.493 e. The number of hydrogen-bond donors (Lipinski definition) is 0. The Bertz CT molecular complexity index is 1340. The van der Waals surface area contributed by atoms with Crippen molar-refractivity contribution in [2.75, 3.05) is 27.2 Å². The van der Waals surface area contributed by atoms with Gasteiger partial charge >= 0.3 is 0 Å². The average molecular weight is 447 g/mol. The van der Waals surface area contributed by atoms with Gasteiger partial charge in [-0.05, 0) is 56.4 Å². The van der Waals surface area contributed by atoms with Crippen molar-refractivity contribution in [3.8, 4) is 17.0 Å². The van der Waals surface area contributed by atoms with E-state index >= 15 is 0 Å². The molecule has 0 bridgehead atoms. The Kier molecular flexibility index (Phi) is 5.50. The van der Waals surface area contributed by atoms with E-state index in [9.17, 15) is 9.18 Å². The lowest BCUT2D eigenvalue weighted by molar-refractivity contribution is 0.0856. The van der Waals surface area contributed by atoms with Crippen molar-refractivity contribution in [2.24, 2.45) is 13.0 Å². The minimum absolute atomic E-state index is 0.0341. The van der Waals surface area contributed by atoms with Gasteiger partial charge in [0.05, 0.1) is 18.2 Å². The van der Waals surface area contributed by atoms with Gasteiger partial charge in [-0.25, -0.2) is 4.39 Å². The lowest BCUT2D eigenvalue weighted by atomic mass is 9.89. The van der Waals surface area contributed by atoms with Crippen LogP contribution in [0, 0.1) is 11.7 Å². The third-order valence-corrected chi connectivity index (χ3v) is 6.35. The maximum absolute atomic E-state index is 13.7. The number of rotatable bonds is 6. The highest BCUT2D eigenvalue weighted by Crippen LogP contribution is 2.33. The summed E-state index contributed by atoms with van der Waals surface area (Å²) in [6.07, 6.45) is 4.22. The number of ketones is 1. The molecular formula is C26H27FN4O2. The van der Waals surface area contributed by atoms with Crippen LogP contribution in [0.2, 0.25) is 0 Å². The van der Waals surface area contributed by atoms with Gasteiger partial charge < -0.3 is 14.2 Å². The minimum Gasteiger partial charge on any atom is -0.493 e. The summed E-state index contributed by atoms with van der Waals surface area (Å²) in [6.45, 7) is 1.92. The molecule has 170 valence electrons. The number of nitrogens with zero attached hydrogens (tertiary/aromatic N) is 4. The molecule has 7 heteroatoms. The quantitative estimate of drug-likeness (QED) is 0.417. The summed E-state index contributed by atoms with van der Waals surface area (Å²) in [5.41, 5.74) is 4.52. The highest BCUT2D eigenvalue weighted by Gasteiger charge is 2.29. The fourth-order valence-electron chi connectivity index (χ4n) is 4.55. The third kappa shape index (κ3) is 4.04. The predicted molar refractivity (Wildman–Crippen MR) is 126 cm³/mol. The molecule has 0 spiro atoms. The molecule has 2 aromatic carbocycles. The summed E-state index contributed by atoms with van der Waals surface area (Å²) in [4.78, 5) is 15.7. The molecule has 1 atom stereocenters. The summed E-state index contributed by atoms with van der Waals surface area (Å²) in [6, 6.07) is 12.7. The number of carbonyl (C=O) groups excluding carboxylic acids is 1. The number of fused-ring (bicyclic) bond motifs is 2. The molecule has 33 heavy (non-hydrogen) atoms. The fourth-order valence-corrected chi connectivity index (χ4v) is 4.55. The van der Waals surface area contributed by atoms with E-state index in [1.807, 2.05) is 50.2 Å². The first-order valence-electron chi connectivity index (χ1n) is 11.1. The summed E-state index contributed by atoms with van der Waals surface area (Å²) >= 11 is 0. The molecule has 0 aliphatic carbocycles. The van der Waals surface area contributed by atoms with E-state index in [1.54, 1.807) is 12.3 Å². The smallest absolute Gasteiger partial charge is 0.171 e. The van der Waals surface area contributed by atoms with Crippen molar-refractivity contribution >= 4 is 16.7 Å². The molecule has 1 aliphatic heterocycles. The molecule has 0 amide bonds. The molecule has 0 N–H and O–H groups in total. The van der Waals surface area contributed by atoms with Gasteiger partial charge in [0.2, 0.25) is 0 Å². The highest BCUT2D eigenvalue weighted by atomic mass is 19.1. The molecule has 5 rings (SSSR count). The maximum Gasteiger partial charge on any atom is 0.171 e. The lowest BCUT2D eigenvalue weighted by Crippen LogP contribution is -2.28. The van der Waals surface area contributed by atoms with Crippen molar-refractivity contribution in [1.82, 2.24) is 19.2 Å². The van der Waals surface area contributed by atoms with Gasteiger partial charge in [0.1, 0.15) is 11.6 Å². The molecule has 2 aromatic heterocycles. The number of ether oxygens (including phenoxy) is 1. The number of carbonyl (C=O) groups is 1. The van der Waals surface area contributed by atoms with Crippen molar-refractivity contribution in [3.05, 3.63) is 71.8 Å². The van der Waals surface area contributed by atoms with Crippen molar-refractivity contribution in [1.29, 1.82) is 0 Å². The van der Waals surface area contributed by atoms with Crippen molar-refractivity contribution < 1.29 is 13.9 Å². The summed E-state index contributed by atoms with van der Waals surface area (Å²) < 4.78 is 23.5. The van der Waals surface area contributed by atoms with E-state index in [0.717, 1.165) is 40.8 Å². The van der Waals surface area contributed by atoms with Crippen LogP contribution in [-0.2, 0) is 20.0 Å². The zero-order valence-electron chi connectivity index (χ0n) is 19.1. The summed E-state index contributed by atoms with van der Waals surface area (Å²) in [7, 11) is 5.99. The highest BCUT2D eigenvalue weighted by molar-refractivity contribution is 6.10. The van der Waals surface area contributed by atoms with Crippen LogP contribution in [0.25, 0.3) is 22.2 Å². The normalized spacial score (nSPS) is 15.6. The molecular weight excluding hydrogens is 419 g/mol. The first-order valence-corrected chi connectivity index (χ1v) is 11.1. The van der Waals surface area contributed by atoms with Crippen LogP contribution in [0.5, 0.6) is 5.75 Å². The van der Waals surface area contributed by atoms with E-state index < -0.39 is 0 Å². The van der Waals surface area contributed by atoms with Gasteiger partial charge in [0.15, 0.2) is 5.78 Å². The van der Waals surface area contributed by atoms with E-state index in [4.69, 9.17) is 4.74 Å². The van der Waals surface area contributed by atoms with Crippen LogP contribution in [0.15, 0.2) is 54.9 Å². The van der Waals surface area contributed by atoms with Gasteiger partial charge in [-0.1, -0.05) is 12.1 Å². The number of hydrogen-bond acceptors (Lipinski definition) is 4. The van der Waals surface area contributed by atoms with E-state index in [2.05, 4.69) is 20.6 Å². The van der Waals surface area contributed by atoms with Crippen LogP contribution in [0.3, 0.4) is 0 Å². The molecule has 3 heterocycles. The van der Waals surface area contributed by atoms with E-state index in [0.29, 0.717) is 24.3 Å². The molecule has 1 unspecified atom stereocenters. The van der Waals surface area contributed by atoms with Crippen molar-refractivity contribution in [2.45, 2.75) is 13.0 Å². The number of aromatic nitrogens is 3. The number of aryl methyl sites for hydroxylation is 1. The minimum atomic E-state index is -0.344. The number of likely N-dealkylation sites (N-methyl/N-ethyl adjacent to an activating group) is 1. The zero-order chi connectivity index (χ0) is 23.1. The van der Waals surface area contributed by atoms with Crippen LogP contribution in [0.4, 0.5) is 4.39 Å². The maximum atomic E-state index is 13.7. The Morgan fingerprint density at radius 2 is 2.06 bits per heavy atom. The third-order valence-electron chi connectivity index (χ3n) is 6.35. The Labute approximate surface area is 192 Å². The molecule has 0 radical (unpaired) electrons. The summed E-state index contributed by atoms with van der Waals surface area (Å²) in [5.74, 6) is 0.0406. The van der Waals surface area contributed by atoms with Crippen LogP contribution in [0.1, 0.15) is 15.9 Å². The van der Waals surface area contributed by atoms with Crippen LogP contribution < -0.4 is 4.74 Å². The van der Waals surface area contributed by atoms with Crippen LogP contribution >= 0.6 is 0 Å². The second-order valence-corrected chi connectivity index (χ2v) is 8.94. The van der Waals surface area contributed by atoms with Gasteiger partial charge in [-0.2, -0.15) is 5.10 Å². The standard InChI is InChI=1S/C26H27FN4O2/c1-29(2)10-11-31-15-22(21-6-4-17(14-24(21)31)23-8-9-28-30(23)3)26(32)19-12-18-13-20(27)5-7-25(18)33-16-19/h4-9,13-15,19H,10-12,16H2,1-3H3. The number of halogens is 1. The second kappa shape index (κ2) is 8.48. The molecule has 0 saturated carbocycles. The predicted octanol–water partition coefficient (Wildman–Crippen LogP) is 4.18. The average Bonchev–Trinajstić information content (AvgIpc) is 3.39. The van der Waals surface area contributed by atoms with Crippen LogP contribution in [-0.4, -0.2) is 52.3 Å². The molecule has 0 saturated heterocycles. The van der Waals surface area contributed by atoms with Gasteiger partial charge in [0, 0.05) is 54.6 Å². The van der Waals surface area contributed by atoms with Gasteiger partial charge in [-0.3, -0.25) is 9.48 Å². The van der Waals surface area contributed by atoms with Crippen molar-refractivity contribution in [3.63, 3.8) is 0 Å². The Hall–Kier alpha value is -3.45. The number of benzene rings is 2. The zero-order valence-corrected chi connectivity index (χ0v) is 19.1. The van der Waals surface area contributed by atoms with Gasteiger partial charge in [-0.15, -0.1) is 0 Å². The molecule has 6 nitrogen and oxygen atoms in total. The first kappa shape index (κ1) is 21.4. The van der Waals surface area contributed by atoms with Gasteiger partial charge in [0.25, 0.3) is 0 Å². The van der Waals surface area contributed by atoms with E-state index in [1.165, 1.54) is 12.1 Å². The lowest BCUT2D eigenvalue weighted by Gasteiger charge is -2.24. The molecule has 1 aliphatic rings. The molecule has 0 fully saturated rings.